The largest absolute Gasteiger partial charge is 0.497 e. The third-order valence-corrected chi connectivity index (χ3v) is 5.67. The van der Waals surface area contributed by atoms with Crippen molar-refractivity contribution >= 4 is 17.5 Å². The molecule has 0 aromatic heterocycles. The van der Waals surface area contributed by atoms with Gasteiger partial charge in [-0.25, -0.2) is 0 Å². The number of amides is 2. The molecular formula is C22H24N2O4. The van der Waals surface area contributed by atoms with E-state index < -0.39 is 5.41 Å². The molecule has 1 N–H and O–H groups in total. The summed E-state index contributed by atoms with van der Waals surface area (Å²) in [6.45, 7) is 1.21. The van der Waals surface area contributed by atoms with Crippen molar-refractivity contribution in [3.63, 3.8) is 0 Å². The lowest BCUT2D eigenvalue weighted by molar-refractivity contribution is -0.143. The Bertz CT molecular complexity index is 921. The molecule has 0 atom stereocenters. The van der Waals surface area contributed by atoms with Gasteiger partial charge >= 0.3 is 0 Å². The number of fused-ring (bicyclic) bond motifs is 1. The summed E-state index contributed by atoms with van der Waals surface area (Å²) in [7, 11) is 3.11. The number of anilines is 1. The lowest BCUT2D eigenvalue weighted by Gasteiger charge is -2.31. The van der Waals surface area contributed by atoms with Gasteiger partial charge in [-0.3, -0.25) is 9.59 Å². The number of nitrogens with zero attached hydrogens (tertiary/aromatic N) is 1. The molecule has 6 nitrogen and oxygen atoms in total. The van der Waals surface area contributed by atoms with Crippen LogP contribution in [0.25, 0.3) is 0 Å². The molecule has 1 aliphatic carbocycles. The van der Waals surface area contributed by atoms with E-state index in [0.29, 0.717) is 43.1 Å². The van der Waals surface area contributed by atoms with Gasteiger partial charge in [-0.2, -0.15) is 0 Å². The van der Waals surface area contributed by atoms with Gasteiger partial charge in [0.05, 0.1) is 19.9 Å². The Morgan fingerprint density at radius 3 is 2.46 bits per heavy atom. The molecule has 1 aliphatic heterocycles. The van der Waals surface area contributed by atoms with Crippen molar-refractivity contribution in [3.8, 4) is 11.5 Å². The second-order valence-electron chi connectivity index (χ2n) is 7.35. The molecule has 2 aliphatic rings. The molecule has 146 valence electrons. The highest BCUT2D eigenvalue weighted by molar-refractivity contribution is 6.13. The number of nitrogens with one attached hydrogen (secondary N) is 1. The first kappa shape index (κ1) is 18.3. The minimum absolute atomic E-state index is 0.0769. The molecule has 0 radical (unpaired) electrons. The molecule has 1 fully saturated rings. The zero-order valence-corrected chi connectivity index (χ0v) is 16.2. The second-order valence-corrected chi connectivity index (χ2v) is 7.35. The van der Waals surface area contributed by atoms with E-state index in [2.05, 4.69) is 17.4 Å². The summed E-state index contributed by atoms with van der Waals surface area (Å²) in [4.78, 5) is 28.0. The van der Waals surface area contributed by atoms with Gasteiger partial charge in [0.2, 0.25) is 11.8 Å². The average molecular weight is 380 g/mol. The first-order valence-corrected chi connectivity index (χ1v) is 9.47. The molecule has 0 saturated heterocycles. The Morgan fingerprint density at radius 2 is 1.79 bits per heavy atom. The topological polar surface area (TPSA) is 67.9 Å². The van der Waals surface area contributed by atoms with Crippen molar-refractivity contribution in [1.82, 2.24) is 4.90 Å². The average Bonchev–Trinajstić information content (AvgIpc) is 3.55. The van der Waals surface area contributed by atoms with Crippen LogP contribution in [0.1, 0.15) is 24.0 Å². The van der Waals surface area contributed by atoms with Gasteiger partial charge in [-0.1, -0.05) is 24.3 Å². The normalized spacial score (nSPS) is 16.7. The van der Waals surface area contributed by atoms with Gasteiger partial charge in [-0.05, 0) is 42.5 Å². The fourth-order valence-corrected chi connectivity index (χ4v) is 3.78. The van der Waals surface area contributed by atoms with Crippen LogP contribution in [0.5, 0.6) is 11.5 Å². The number of carbonyl (C=O) groups is 2. The summed E-state index contributed by atoms with van der Waals surface area (Å²) < 4.78 is 10.5. The van der Waals surface area contributed by atoms with E-state index in [-0.39, 0.29) is 11.8 Å². The summed E-state index contributed by atoms with van der Waals surface area (Å²) >= 11 is 0. The number of carbonyl (C=O) groups excluding carboxylic acids is 2. The molecule has 1 heterocycles. The minimum atomic E-state index is -0.961. The standard InChI is InChI=1S/C22H24N2O4/c1-27-17-7-8-18(19(13-17)28-2)23-20(25)22(10-11-22)21(26)24-12-9-15-5-3-4-6-16(15)14-24/h3-8,13H,9-12,14H2,1-2H3,(H,23,25). The van der Waals surface area contributed by atoms with E-state index in [1.54, 1.807) is 25.3 Å². The van der Waals surface area contributed by atoms with Crippen molar-refractivity contribution in [3.05, 3.63) is 53.6 Å². The monoisotopic (exact) mass is 380 g/mol. The smallest absolute Gasteiger partial charge is 0.240 e. The van der Waals surface area contributed by atoms with E-state index in [4.69, 9.17) is 9.47 Å². The summed E-state index contributed by atoms with van der Waals surface area (Å²) in [5, 5.41) is 2.89. The lowest BCUT2D eigenvalue weighted by atomic mass is 9.97. The molecule has 28 heavy (non-hydrogen) atoms. The Hall–Kier alpha value is -3.02. The van der Waals surface area contributed by atoms with Gasteiger partial charge in [0.1, 0.15) is 16.9 Å². The van der Waals surface area contributed by atoms with Crippen LogP contribution in [0.2, 0.25) is 0 Å². The van der Waals surface area contributed by atoms with E-state index in [9.17, 15) is 9.59 Å². The highest BCUT2D eigenvalue weighted by Crippen LogP contribution is 2.49. The van der Waals surface area contributed by atoms with Gasteiger partial charge in [0.15, 0.2) is 0 Å². The quantitative estimate of drug-likeness (QED) is 0.810. The predicted octanol–water partition coefficient (Wildman–Crippen LogP) is 3.01. The zero-order chi connectivity index (χ0) is 19.7. The molecule has 0 spiro atoms. The number of rotatable bonds is 5. The van der Waals surface area contributed by atoms with Crippen LogP contribution in [0.3, 0.4) is 0 Å². The van der Waals surface area contributed by atoms with Crippen LogP contribution in [-0.4, -0.2) is 37.5 Å². The van der Waals surface area contributed by atoms with Crippen LogP contribution in [0, 0.1) is 5.41 Å². The summed E-state index contributed by atoms with van der Waals surface area (Å²) in [5.74, 6) is 0.800. The van der Waals surface area contributed by atoms with Crippen LogP contribution in [0.15, 0.2) is 42.5 Å². The molecular weight excluding hydrogens is 356 g/mol. The number of ether oxygens (including phenoxy) is 2. The maximum atomic E-state index is 13.2. The van der Waals surface area contributed by atoms with Crippen molar-refractivity contribution in [2.75, 3.05) is 26.1 Å². The van der Waals surface area contributed by atoms with Crippen molar-refractivity contribution in [2.24, 2.45) is 5.41 Å². The third-order valence-electron chi connectivity index (χ3n) is 5.67. The first-order valence-electron chi connectivity index (χ1n) is 9.47. The van der Waals surface area contributed by atoms with Crippen LogP contribution < -0.4 is 14.8 Å². The fraction of sp³-hybridized carbons (Fsp3) is 0.364. The third kappa shape index (κ3) is 3.19. The zero-order valence-electron chi connectivity index (χ0n) is 16.2. The van der Waals surface area contributed by atoms with Gasteiger partial charge in [-0.15, -0.1) is 0 Å². The fourth-order valence-electron chi connectivity index (χ4n) is 3.78. The SMILES string of the molecule is COc1ccc(NC(=O)C2(C(=O)N3CCc4ccccc4C3)CC2)c(OC)c1. The maximum absolute atomic E-state index is 13.2. The highest BCUT2D eigenvalue weighted by atomic mass is 16.5. The highest BCUT2D eigenvalue weighted by Gasteiger charge is 2.58. The first-order chi connectivity index (χ1) is 13.6. The summed E-state index contributed by atoms with van der Waals surface area (Å²) in [5.41, 5.74) is 2.02. The van der Waals surface area contributed by atoms with Gasteiger partial charge in [0, 0.05) is 19.2 Å². The molecule has 4 rings (SSSR count). The molecule has 0 bridgehead atoms. The van der Waals surface area contributed by atoms with E-state index in [0.717, 1.165) is 12.0 Å². The number of methoxy groups -OCH3 is 2. The van der Waals surface area contributed by atoms with Gasteiger partial charge in [0.25, 0.3) is 0 Å². The maximum Gasteiger partial charge on any atom is 0.240 e. The Balaban J connectivity index is 1.50. The summed E-state index contributed by atoms with van der Waals surface area (Å²) in [6, 6.07) is 13.4. The van der Waals surface area contributed by atoms with E-state index >= 15 is 0 Å². The van der Waals surface area contributed by atoms with Crippen LogP contribution in [0.4, 0.5) is 5.69 Å². The molecule has 1 saturated carbocycles. The van der Waals surface area contributed by atoms with Crippen molar-refractivity contribution in [1.29, 1.82) is 0 Å². The van der Waals surface area contributed by atoms with E-state index in [1.165, 1.54) is 12.7 Å². The van der Waals surface area contributed by atoms with Crippen molar-refractivity contribution in [2.45, 2.75) is 25.8 Å². The van der Waals surface area contributed by atoms with E-state index in [1.807, 2.05) is 17.0 Å². The van der Waals surface area contributed by atoms with Crippen molar-refractivity contribution < 1.29 is 19.1 Å². The molecule has 2 amide bonds. The Kier molecular flexibility index (Phi) is 4.71. The number of hydrogen-bond donors (Lipinski definition) is 1. The molecule has 6 heteroatoms. The predicted molar refractivity (Wildman–Crippen MR) is 105 cm³/mol. The Morgan fingerprint density at radius 1 is 1.04 bits per heavy atom. The number of hydrogen-bond acceptors (Lipinski definition) is 4. The summed E-state index contributed by atoms with van der Waals surface area (Å²) in [6.07, 6.45) is 1.98. The second kappa shape index (κ2) is 7.19. The lowest BCUT2D eigenvalue weighted by Crippen LogP contribution is -2.45. The van der Waals surface area contributed by atoms with Crippen LogP contribution in [-0.2, 0) is 22.6 Å². The molecule has 2 aromatic carbocycles. The molecule has 2 aromatic rings. The van der Waals surface area contributed by atoms with Crippen LogP contribution >= 0.6 is 0 Å². The number of benzene rings is 2. The Labute approximate surface area is 164 Å². The minimum Gasteiger partial charge on any atom is -0.497 e. The molecule has 0 unspecified atom stereocenters. The van der Waals surface area contributed by atoms with Gasteiger partial charge < -0.3 is 19.7 Å².